The quantitative estimate of drug-likeness (QED) is 0.702. The van der Waals surface area contributed by atoms with E-state index in [0.29, 0.717) is 16.1 Å². The van der Waals surface area contributed by atoms with Gasteiger partial charge in [0, 0.05) is 0 Å². The fourth-order valence-corrected chi connectivity index (χ4v) is 2.07. The van der Waals surface area contributed by atoms with Gasteiger partial charge in [-0.25, -0.2) is 0 Å². The summed E-state index contributed by atoms with van der Waals surface area (Å²) < 4.78 is 5.74. The molecule has 1 aromatic carbocycles. The van der Waals surface area contributed by atoms with Crippen LogP contribution >= 0.6 is 23.2 Å². The maximum Gasteiger partial charge on any atom is 0.0830 e. The van der Waals surface area contributed by atoms with E-state index in [1.165, 1.54) is 0 Å². The molecule has 2 unspecified atom stereocenters. The molecular weight excluding hydrogens is 219 g/mol. The Morgan fingerprint density at radius 3 is 2.57 bits per heavy atom. The van der Waals surface area contributed by atoms with Crippen LogP contribution in [0.15, 0.2) is 18.2 Å². The smallest absolute Gasteiger partial charge is 0.0830 e. The highest BCUT2D eigenvalue weighted by Gasteiger charge is 2.23. The third-order valence-electron chi connectivity index (χ3n) is 2.55. The lowest BCUT2D eigenvalue weighted by molar-refractivity contribution is 0.0556. The average molecular weight is 231 g/mol. The van der Waals surface area contributed by atoms with E-state index in [1.807, 2.05) is 18.2 Å². The molecule has 1 aliphatic heterocycles. The van der Waals surface area contributed by atoms with Crippen molar-refractivity contribution < 1.29 is 4.74 Å². The van der Waals surface area contributed by atoms with Gasteiger partial charge in [-0.1, -0.05) is 29.3 Å². The minimum absolute atomic E-state index is 0.194. The largest absolute Gasteiger partial charge is 0.371 e. The Morgan fingerprint density at radius 1 is 1.21 bits per heavy atom. The molecule has 0 aromatic heterocycles. The summed E-state index contributed by atoms with van der Waals surface area (Å²) in [5, 5.41) is 1.20. The van der Waals surface area contributed by atoms with Crippen molar-refractivity contribution in [2.75, 3.05) is 0 Å². The number of benzene rings is 1. The zero-order valence-electron chi connectivity index (χ0n) is 7.97. The summed E-state index contributed by atoms with van der Waals surface area (Å²) >= 11 is 11.8. The summed E-state index contributed by atoms with van der Waals surface area (Å²) in [6.07, 6.45) is 2.73. The Balaban J connectivity index is 2.20. The van der Waals surface area contributed by atoms with E-state index in [-0.39, 0.29) is 6.10 Å². The van der Waals surface area contributed by atoms with E-state index < -0.39 is 0 Å². The van der Waals surface area contributed by atoms with Crippen molar-refractivity contribution in [2.24, 2.45) is 0 Å². The highest BCUT2D eigenvalue weighted by Crippen LogP contribution is 2.35. The Hall–Kier alpha value is -0.240. The lowest BCUT2D eigenvalue weighted by atomic mass is 10.1. The molecule has 0 aliphatic carbocycles. The van der Waals surface area contributed by atoms with E-state index in [1.54, 1.807) is 0 Å². The van der Waals surface area contributed by atoms with Gasteiger partial charge in [0.1, 0.15) is 0 Å². The molecule has 14 heavy (non-hydrogen) atoms. The van der Waals surface area contributed by atoms with Gasteiger partial charge in [0.25, 0.3) is 0 Å². The maximum atomic E-state index is 5.94. The molecule has 2 rings (SSSR count). The van der Waals surface area contributed by atoms with Crippen molar-refractivity contribution in [1.82, 2.24) is 0 Å². The molecule has 1 aromatic rings. The first-order valence-electron chi connectivity index (χ1n) is 4.77. The van der Waals surface area contributed by atoms with Crippen LogP contribution in [0.25, 0.3) is 0 Å². The minimum atomic E-state index is 0.194. The normalized spacial score (nSPS) is 26.8. The first-order chi connectivity index (χ1) is 6.66. The van der Waals surface area contributed by atoms with Crippen LogP contribution in [0.1, 0.15) is 31.4 Å². The second kappa shape index (κ2) is 4.09. The summed E-state index contributed by atoms with van der Waals surface area (Å²) in [6, 6.07) is 5.70. The Labute approximate surface area is 94.0 Å². The molecule has 1 fully saturated rings. The summed E-state index contributed by atoms with van der Waals surface area (Å²) in [7, 11) is 0. The van der Waals surface area contributed by atoms with Crippen molar-refractivity contribution in [3.05, 3.63) is 33.8 Å². The van der Waals surface area contributed by atoms with E-state index in [0.717, 1.165) is 18.4 Å². The summed E-state index contributed by atoms with van der Waals surface area (Å²) in [5.41, 5.74) is 1.13. The van der Waals surface area contributed by atoms with Crippen LogP contribution in [0.2, 0.25) is 10.0 Å². The number of ether oxygens (including phenoxy) is 1. The van der Waals surface area contributed by atoms with Gasteiger partial charge in [-0.3, -0.25) is 0 Å². The topological polar surface area (TPSA) is 9.23 Å². The van der Waals surface area contributed by atoms with Crippen LogP contribution < -0.4 is 0 Å². The summed E-state index contributed by atoms with van der Waals surface area (Å²) in [4.78, 5) is 0. The standard InChI is InChI=1S/C11H12Cl2O/c1-7-2-5-11(14-7)8-3-4-9(12)10(13)6-8/h3-4,6-7,11H,2,5H2,1H3. The van der Waals surface area contributed by atoms with Gasteiger partial charge >= 0.3 is 0 Å². The molecule has 3 heteroatoms. The van der Waals surface area contributed by atoms with E-state index in [4.69, 9.17) is 27.9 Å². The van der Waals surface area contributed by atoms with Crippen LogP contribution in [-0.4, -0.2) is 6.10 Å². The van der Waals surface area contributed by atoms with E-state index >= 15 is 0 Å². The molecule has 76 valence electrons. The molecule has 1 aliphatic rings. The van der Waals surface area contributed by atoms with Gasteiger partial charge in [-0.15, -0.1) is 0 Å². The average Bonchev–Trinajstić information content (AvgIpc) is 2.57. The van der Waals surface area contributed by atoms with E-state index in [9.17, 15) is 0 Å². The third kappa shape index (κ3) is 2.05. The number of hydrogen-bond acceptors (Lipinski definition) is 1. The molecule has 0 amide bonds. The van der Waals surface area contributed by atoms with Crippen molar-refractivity contribution >= 4 is 23.2 Å². The molecule has 2 atom stereocenters. The monoisotopic (exact) mass is 230 g/mol. The minimum Gasteiger partial charge on any atom is -0.371 e. The van der Waals surface area contributed by atoms with Crippen molar-refractivity contribution in [3.8, 4) is 0 Å². The van der Waals surface area contributed by atoms with Gasteiger partial charge in [0.05, 0.1) is 22.3 Å². The van der Waals surface area contributed by atoms with Gasteiger partial charge in [-0.05, 0) is 37.5 Å². The van der Waals surface area contributed by atoms with Crippen molar-refractivity contribution in [2.45, 2.75) is 32.0 Å². The van der Waals surface area contributed by atoms with Gasteiger partial charge in [0.15, 0.2) is 0 Å². The molecule has 0 bridgehead atoms. The van der Waals surface area contributed by atoms with Crippen LogP contribution in [0, 0.1) is 0 Å². The first-order valence-corrected chi connectivity index (χ1v) is 5.53. The fourth-order valence-electron chi connectivity index (χ4n) is 1.76. The molecule has 0 N–H and O–H groups in total. The molecule has 1 nitrogen and oxygen atoms in total. The van der Waals surface area contributed by atoms with Gasteiger partial charge < -0.3 is 4.74 Å². The molecule has 0 saturated carbocycles. The lowest BCUT2D eigenvalue weighted by Gasteiger charge is -2.11. The van der Waals surface area contributed by atoms with Crippen molar-refractivity contribution in [1.29, 1.82) is 0 Å². The van der Waals surface area contributed by atoms with Gasteiger partial charge in [0.2, 0.25) is 0 Å². The Morgan fingerprint density at radius 2 is 2.00 bits per heavy atom. The second-order valence-corrected chi connectivity index (χ2v) is 4.50. The zero-order valence-corrected chi connectivity index (χ0v) is 9.48. The van der Waals surface area contributed by atoms with Crippen molar-refractivity contribution in [3.63, 3.8) is 0 Å². The number of rotatable bonds is 1. The SMILES string of the molecule is CC1CCC(c2ccc(Cl)c(Cl)c2)O1. The van der Waals surface area contributed by atoms with E-state index in [2.05, 4.69) is 6.92 Å². The predicted molar refractivity (Wildman–Crippen MR) is 59.0 cm³/mol. The Bertz CT molecular complexity index is 338. The molecule has 0 radical (unpaired) electrons. The number of hydrogen-bond donors (Lipinski definition) is 0. The Kier molecular flexibility index (Phi) is 3.01. The summed E-state index contributed by atoms with van der Waals surface area (Å²) in [6.45, 7) is 2.09. The summed E-state index contributed by atoms with van der Waals surface area (Å²) in [5.74, 6) is 0. The van der Waals surface area contributed by atoms with Crippen LogP contribution in [0.5, 0.6) is 0 Å². The van der Waals surface area contributed by atoms with Crippen LogP contribution in [0.4, 0.5) is 0 Å². The number of halogens is 2. The molecule has 0 spiro atoms. The van der Waals surface area contributed by atoms with Crippen LogP contribution in [-0.2, 0) is 4.74 Å². The highest BCUT2D eigenvalue weighted by molar-refractivity contribution is 6.42. The highest BCUT2D eigenvalue weighted by atomic mass is 35.5. The third-order valence-corrected chi connectivity index (χ3v) is 3.29. The zero-order chi connectivity index (χ0) is 10.1. The lowest BCUT2D eigenvalue weighted by Crippen LogP contribution is -2.00. The molecule has 1 heterocycles. The predicted octanol–water partition coefficient (Wildman–Crippen LogP) is 4.23. The maximum absolute atomic E-state index is 5.94. The molecule has 1 saturated heterocycles. The fraction of sp³-hybridized carbons (Fsp3) is 0.455. The first kappa shape index (κ1) is 10.3. The second-order valence-electron chi connectivity index (χ2n) is 3.69. The molecular formula is C11H12Cl2O. The van der Waals surface area contributed by atoms with Gasteiger partial charge in [-0.2, -0.15) is 0 Å². The van der Waals surface area contributed by atoms with Crippen LogP contribution in [0.3, 0.4) is 0 Å².